The van der Waals surface area contributed by atoms with E-state index in [4.69, 9.17) is 15.2 Å². The Morgan fingerprint density at radius 3 is 2.50 bits per heavy atom. The average molecular weight is 356 g/mol. The van der Waals surface area contributed by atoms with Crippen molar-refractivity contribution in [1.29, 1.82) is 0 Å². The molecule has 0 atom stereocenters. The number of ether oxygens (including phenoxy) is 2. The van der Waals surface area contributed by atoms with Crippen LogP contribution in [0.4, 0.5) is 0 Å². The minimum Gasteiger partial charge on any atom is -0.502 e. The van der Waals surface area contributed by atoms with Crippen molar-refractivity contribution in [2.24, 2.45) is 11.1 Å². The number of unbranched alkanes of at least 4 members (excludes halogenated alkanes) is 1. The van der Waals surface area contributed by atoms with Gasteiger partial charge in [0.1, 0.15) is 5.76 Å². The van der Waals surface area contributed by atoms with Crippen LogP contribution in [0.15, 0.2) is 60.2 Å². The molecule has 0 spiro atoms. The Hall–Kier alpha value is -2.16. The summed E-state index contributed by atoms with van der Waals surface area (Å²) in [5.74, 6) is 0.943. The maximum atomic E-state index is 6.09. The fourth-order valence-electron chi connectivity index (χ4n) is 3.29. The monoisotopic (exact) mass is 355 g/mol. The number of rotatable bonds is 5. The van der Waals surface area contributed by atoms with Gasteiger partial charge in [-0.15, -0.1) is 0 Å². The third-order valence-electron chi connectivity index (χ3n) is 4.53. The van der Waals surface area contributed by atoms with Crippen molar-refractivity contribution in [3.8, 4) is 0 Å². The zero-order valence-electron chi connectivity index (χ0n) is 16.5. The molecular weight excluding hydrogens is 322 g/mol. The van der Waals surface area contributed by atoms with E-state index in [2.05, 4.69) is 45.0 Å². The molecule has 1 aliphatic carbocycles. The quantitative estimate of drug-likeness (QED) is 0.679. The Bertz CT molecular complexity index is 633. The molecule has 1 heterocycles. The zero-order chi connectivity index (χ0) is 18.8. The van der Waals surface area contributed by atoms with Crippen LogP contribution in [0, 0.1) is 5.41 Å². The van der Waals surface area contributed by atoms with Gasteiger partial charge in [0.25, 0.3) is 0 Å². The molecule has 0 radical (unpaired) electrons. The Morgan fingerprint density at radius 2 is 1.96 bits per heavy atom. The second kappa shape index (κ2) is 10.1. The highest BCUT2D eigenvalue weighted by Crippen LogP contribution is 2.44. The van der Waals surface area contributed by atoms with Gasteiger partial charge in [-0.25, -0.2) is 0 Å². The Kier molecular flexibility index (Phi) is 7.83. The standard InChI is InChI=1S/C18H25NO.C5H8O/c1-4-5-11-20-16-12-15(19)13-18(2,3)17(16)14-9-7-6-8-10-14;1-2-4-6-5-3-1/h6-10,12H,4-5,11,13,19H2,1-3H3;2,4H,1,3,5H2. The van der Waals surface area contributed by atoms with E-state index in [0.717, 1.165) is 43.9 Å². The Balaban J connectivity index is 0.000000342. The van der Waals surface area contributed by atoms with Crippen LogP contribution in [-0.2, 0) is 9.47 Å². The maximum Gasteiger partial charge on any atom is 0.125 e. The summed E-state index contributed by atoms with van der Waals surface area (Å²) in [4.78, 5) is 0. The predicted octanol–water partition coefficient (Wildman–Crippen LogP) is 5.80. The van der Waals surface area contributed by atoms with Gasteiger partial charge in [0.15, 0.2) is 0 Å². The van der Waals surface area contributed by atoms with Crippen molar-refractivity contribution < 1.29 is 9.47 Å². The van der Waals surface area contributed by atoms with Crippen molar-refractivity contribution in [1.82, 2.24) is 0 Å². The first-order valence-corrected chi connectivity index (χ1v) is 9.70. The van der Waals surface area contributed by atoms with Crippen LogP contribution in [0.5, 0.6) is 0 Å². The highest BCUT2D eigenvalue weighted by molar-refractivity contribution is 5.75. The van der Waals surface area contributed by atoms with Crippen LogP contribution >= 0.6 is 0 Å². The molecule has 0 amide bonds. The van der Waals surface area contributed by atoms with Crippen molar-refractivity contribution in [3.05, 3.63) is 65.8 Å². The molecule has 0 saturated carbocycles. The van der Waals surface area contributed by atoms with Crippen LogP contribution in [0.3, 0.4) is 0 Å². The fraction of sp³-hybridized carbons (Fsp3) is 0.478. The Morgan fingerprint density at radius 1 is 1.19 bits per heavy atom. The summed E-state index contributed by atoms with van der Waals surface area (Å²) >= 11 is 0. The van der Waals surface area contributed by atoms with E-state index < -0.39 is 0 Å². The van der Waals surface area contributed by atoms with Gasteiger partial charge in [-0.05, 0) is 48.8 Å². The minimum absolute atomic E-state index is 0.00172. The summed E-state index contributed by atoms with van der Waals surface area (Å²) < 4.78 is 10.9. The number of benzene rings is 1. The molecule has 3 nitrogen and oxygen atoms in total. The van der Waals surface area contributed by atoms with Gasteiger partial charge in [-0.3, -0.25) is 0 Å². The van der Waals surface area contributed by atoms with Crippen molar-refractivity contribution in [2.45, 2.75) is 52.9 Å². The van der Waals surface area contributed by atoms with E-state index >= 15 is 0 Å². The molecule has 3 rings (SSSR count). The van der Waals surface area contributed by atoms with Gasteiger partial charge in [-0.2, -0.15) is 0 Å². The summed E-state index contributed by atoms with van der Waals surface area (Å²) in [6.45, 7) is 8.31. The van der Waals surface area contributed by atoms with Crippen LogP contribution in [-0.4, -0.2) is 13.2 Å². The first-order valence-electron chi connectivity index (χ1n) is 9.70. The topological polar surface area (TPSA) is 44.5 Å². The summed E-state index contributed by atoms with van der Waals surface area (Å²) in [7, 11) is 0. The van der Waals surface area contributed by atoms with Gasteiger partial charge in [-0.1, -0.05) is 57.5 Å². The molecule has 0 unspecified atom stereocenters. The summed E-state index contributed by atoms with van der Waals surface area (Å²) in [6.07, 6.45) is 11.3. The lowest BCUT2D eigenvalue weighted by atomic mass is 9.73. The second-order valence-electron chi connectivity index (χ2n) is 7.47. The van der Waals surface area contributed by atoms with Crippen LogP contribution in [0.2, 0.25) is 0 Å². The molecule has 0 fully saturated rings. The lowest BCUT2D eigenvalue weighted by Crippen LogP contribution is -2.23. The van der Waals surface area contributed by atoms with E-state index in [0.29, 0.717) is 0 Å². The Labute approximate surface area is 158 Å². The van der Waals surface area contributed by atoms with Gasteiger partial charge in [0, 0.05) is 11.3 Å². The molecule has 3 heteroatoms. The number of hydrogen-bond acceptors (Lipinski definition) is 3. The van der Waals surface area contributed by atoms with E-state index in [1.165, 1.54) is 24.0 Å². The first-order chi connectivity index (χ1) is 12.5. The molecule has 142 valence electrons. The van der Waals surface area contributed by atoms with Crippen molar-refractivity contribution in [3.63, 3.8) is 0 Å². The molecule has 2 aliphatic rings. The van der Waals surface area contributed by atoms with Crippen LogP contribution in [0.25, 0.3) is 5.57 Å². The van der Waals surface area contributed by atoms with Crippen LogP contribution in [0.1, 0.15) is 58.4 Å². The largest absolute Gasteiger partial charge is 0.502 e. The fourth-order valence-corrected chi connectivity index (χ4v) is 3.29. The van der Waals surface area contributed by atoms with Gasteiger partial charge < -0.3 is 15.2 Å². The summed E-state index contributed by atoms with van der Waals surface area (Å²) in [6, 6.07) is 10.5. The summed E-state index contributed by atoms with van der Waals surface area (Å²) in [5, 5.41) is 0. The molecule has 1 aromatic rings. The molecule has 0 aromatic heterocycles. The molecule has 2 N–H and O–H groups in total. The molecule has 1 aliphatic heterocycles. The highest BCUT2D eigenvalue weighted by atomic mass is 16.5. The maximum absolute atomic E-state index is 6.09. The molecule has 0 saturated heterocycles. The first kappa shape index (κ1) is 20.2. The third-order valence-corrected chi connectivity index (χ3v) is 4.53. The predicted molar refractivity (Wildman–Crippen MR) is 109 cm³/mol. The van der Waals surface area contributed by atoms with E-state index in [1.807, 2.05) is 18.2 Å². The van der Waals surface area contributed by atoms with Gasteiger partial charge in [0.2, 0.25) is 0 Å². The van der Waals surface area contributed by atoms with E-state index in [1.54, 1.807) is 6.26 Å². The SMILES string of the molecule is C1=COCCC1.CCCCOC1=C(c2ccccc2)C(C)(C)CC(N)=C1. The highest BCUT2D eigenvalue weighted by Gasteiger charge is 2.32. The second-order valence-corrected chi connectivity index (χ2v) is 7.47. The smallest absolute Gasteiger partial charge is 0.125 e. The van der Waals surface area contributed by atoms with Gasteiger partial charge in [0.05, 0.1) is 19.5 Å². The van der Waals surface area contributed by atoms with Crippen molar-refractivity contribution in [2.75, 3.05) is 13.2 Å². The lowest BCUT2D eigenvalue weighted by molar-refractivity contribution is 0.214. The van der Waals surface area contributed by atoms with Gasteiger partial charge >= 0.3 is 0 Å². The van der Waals surface area contributed by atoms with E-state index in [9.17, 15) is 0 Å². The normalized spacial score (nSPS) is 18.3. The van der Waals surface area contributed by atoms with Crippen LogP contribution < -0.4 is 5.73 Å². The molecule has 26 heavy (non-hydrogen) atoms. The third kappa shape index (κ3) is 5.98. The summed E-state index contributed by atoms with van der Waals surface area (Å²) in [5.41, 5.74) is 9.49. The lowest BCUT2D eigenvalue weighted by Gasteiger charge is -2.34. The molecule has 0 bridgehead atoms. The molecular formula is C23H33NO2. The number of nitrogens with two attached hydrogens (primary N) is 1. The molecule has 1 aromatic carbocycles. The average Bonchev–Trinajstić information content (AvgIpc) is 2.63. The number of hydrogen-bond donors (Lipinski definition) is 1. The zero-order valence-corrected chi connectivity index (χ0v) is 16.5. The minimum atomic E-state index is 0.00172. The number of allylic oxidation sites excluding steroid dienone is 4. The van der Waals surface area contributed by atoms with E-state index in [-0.39, 0.29) is 5.41 Å². The van der Waals surface area contributed by atoms with Crippen molar-refractivity contribution >= 4 is 5.57 Å².